The summed E-state index contributed by atoms with van der Waals surface area (Å²) >= 11 is 0. The number of carbonyl (C=O) groups excluding carboxylic acids is 1. The summed E-state index contributed by atoms with van der Waals surface area (Å²) in [6.07, 6.45) is 0. The molecule has 0 bridgehead atoms. The Kier molecular flexibility index (Phi) is 6.57. The number of benzene rings is 2. The highest BCUT2D eigenvalue weighted by atomic mass is 16.6. The maximum Gasteiger partial charge on any atom is 0.270 e. The molecule has 3 aromatic rings. The lowest BCUT2D eigenvalue weighted by atomic mass is 10.1. The third kappa shape index (κ3) is 4.81. The number of hydrogen-bond donors (Lipinski definition) is 2. The van der Waals surface area contributed by atoms with E-state index in [1.165, 1.54) is 19.2 Å². The zero-order chi connectivity index (χ0) is 23.4. The number of aliphatic hydroxyl groups excluding tert-OH is 1. The molecular formula is C23H23N3O7. The van der Waals surface area contributed by atoms with Crippen molar-refractivity contribution >= 4 is 23.0 Å². The molecule has 172 valence electrons. The Morgan fingerprint density at radius 3 is 2.64 bits per heavy atom. The molecule has 0 saturated carbocycles. The molecule has 2 N–H and O–H groups in total. The highest BCUT2D eigenvalue weighted by Crippen LogP contribution is 2.34. The average Bonchev–Trinajstić information content (AvgIpc) is 3.33. The van der Waals surface area contributed by atoms with Crippen molar-refractivity contribution in [1.29, 1.82) is 0 Å². The first kappa shape index (κ1) is 22.3. The van der Waals surface area contributed by atoms with Crippen LogP contribution in [0.4, 0.5) is 17.1 Å². The number of nitrogens with one attached hydrogen (secondary N) is 1. The van der Waals surface area contributed by atoms with E-state index in [0.717, 1.165) is 0 Å². The smallest absolute Gasteiger partial charge is 0.270 e. The van der Waals surface area contributed by atoms with Gasteiger partial charge in [0.05, 0.1) is 42.1 Å². The zero-order valence-electron chi connectivity index (χ0n) is 17.9. The van der Waals surface area contributed by atoms with Gasteiger partial charge in [-0.25, -0.2) is 0 Å². The summed E-state index contributed by atoms with van der Waals surface area (Å²) in [5, 5.41) is 23.4. The number of morpholine rings is 1. The number of ether oxygens (including phenoxy) is 2. The Morgan fingerprint density at radius 2 is 1.97 bits per heavy atom. The quantitative estimate of drug-likeness (QED) is 0.411. The largest absolute Gasteiger partial charge is 0.496 e. The number of nitro benzene ring substituents is 1. The van der Waals surface area contributed by atoms with Crippen molar-refractivity contribution in [3.63, 3.8) is 0 Å². The Balaban J connectivity index is 1.67. The van der Waals surface area contributed by atoms with Gasteiger partial charge in [0.15, 0.2) is 0 Å². The SMILES string of the molecule is COc1ccc(NC(=O)c2cc([N+](=O)[O-])ccc2N2CCOCC2)cc1-c1ccc(CO)o1. The van der Waals surface area contributed by atoms with Gasteiger partial charge >= 0.3 is 0 Å². The molecule has 1 amide bonds. The Bertz CT molecular complexity index is 1170. The number of aliphatic hydroxyl groups is 1. The van der Waals surface area contributed by atoms with Crippen molar-refractivity contribution in [1.82, 2.24) is 0 Å². The molecule has 10 nitrogen and oxygen atoms in total. The van der Waals surface area contributed by atoms with Gasteiger partial charge in [-0.2, -0.15) is 0 Å². The highest BCUT2D eigenvalue weighted by molar-refractivity contribution is 6.09. The molecule has 0 radical (unpaired) electrons. The van der Waals surface area contributed by atoms with Gasteiger partial charge in [-0.15, -0.1) is 0 Å². The normalized spacial score (nSPS) is 13.6. The number of methoxy groups -OCH3 is 1. The fraction of sp³-hybridized carbons (Fsp3) is 0.261. The topological polar surface area (TPSA) is 127 Å². The van der Waals surface area contributed by atoms with Gasteiger partial charge in [0.2, 0.25) is 0 Å². The minimum Gasteiger partial charge on any atom is -0.496 e. The second-order valence-corrected chi connectivity index (χ2v) is 7.35. The molecule has 1 aliphatic rings. The predicted molar refractivity (Wildman–Crippen MR) is 121 cm³/mol. The molecular weight excluding hydrogens is 430 g/mol. The molecule has 0 unspecified atom stereocenters. The van der Waals surface area contributed by atoms with Gasteiger partial charge < -0.3 is 29.2 Å². The van der Waals surface area contributed by atoms with E-state index in [1.54, 1.807) is 36.4 Å². The minimum absolute atomic E-state index is 0.167. The van der Waals surface area contributed by atoms with Crippen LogP contribution in [0.25, 0.3) is 11.3 Å². The van der Waals surface area contributed by atoms with Gasteiger partial charge in [0.1, 0.15) is 23.9 Å². The van der Waals surface area contributed by atoms with Crippen molar-refractivity contribution in [3.05, 3.63) is 70.0 Å². The van der Waals surface area contributed by atoms with E-state index in [2.05, 4.69) is 5.32 Å². The van der Waals surface area contributed by atoms with Gasteiger partial charge in [0.25, 0.3) is 11.6 Å². The fourth-order valence-corrected chi connectivity index (χ4v) is 3.68. The molecule has 10 heteroatoms. The average molecular weight is 453 g/mol. The number of nitrogens with zero attached hydrogens (tertiary/aromatic N) is 2. The zero-order valence-corrected chi connectivity index (χ0v) is 17.9. The van der Waals surface area contributed by atoms with Crippen LogP contribution in [-0.2, 0) is 11.3 Å². The van der Waals surface area contributed by atoms with E-state index in [1.807, 2.05) is 4.90 Å². The van der Waals surface area contributed by atoms with E-state index < -0.39 is 10.8 Å². The Labute approximate surface area is 189 Å². The van der Waals surface area contributed by atoms with Crippen LogP contribution in [-0.4, -0.2) is 49.4 Å². The number of furan rings is 1. The van der Waals surface area contributed by atoms with E-state index in [4.69, 9.17) is 13.9 Å². The van der Waals surface area contributed by atoms with Crippen molar-refractivity contribution in [3.8, 4) is 17.1 Å². The Morgan fingerprint density at radius 1 is 1.18 bits per heavy atom. The van der Waals surface area contributed by atoms with E-state index in [-0.39, 0.29) is 17.9 Å². The van der Waals surface area contributed by atoms with E-state index >= 15 is 0 Å². The summed E-state index contributed by atoms with van der Waals surface area (Å²) in [6, 6.07) is 12.7. The standard InChI is InChI=1S/C23H23N3O7/c1-31-21-6-2-15(12-19(21)22-7-4-17(14-27)33-22)24-23(28)18-13-16(26(29)30)3-5-20(18)25-8-10-32-11-9-25/h2-7,12-13,27H,8-11,14H2,1H3,(H,24,28). The molecule has 0 atom stereocenters. The van der Waals surface area contributed by atoms with Crippen LogP contribution < -0.4 is 15.0 Å². The number of non-ortho nitro benzene ring substituents is 1. The summed E-state index contributed by atoms with van der Waals surface area (Å²) in [4.78, 5) is 26.0. The van der Waals surface area contributed by atoms with Crippen molar-refractivity contribution < 1.29 is 28.7 Å². The summed E-state index contributed by atoms with van der Waals surface area (Å²) in [7, 11) is 1.52. The van der Waals surface area contributed by atoms with Crippen LogP contribution >= 0.6 is 0 Å². The molecule has 1 saturated heterocycles. The number of amides is 1. The summed E-state index contributed by atoms with van der Waals surface area (Å²) < 4.78 is 16.4. The molecule has 2 aromatic carbocycles. The first-order valence-corrected chi connectivity index (χ1v) is 10.3. The maximum absolute atomic E-state index is 13.2. The van der Waals surface area contributed by atoms with Crippen LogP contribution in [0.15, 0.2) is 52.9 Å². The minimum atomic E-state index is -0.527. The lowest BCUT2D eigenvalue weighted by molar-refractivity contribution is -0.384. The lowest BCUT2D eigenvalue weighted by Crippen LogP contribution is -2.37. The monoisotopic (exact) mass is 453 g/mol. The van der Waals surface area contributed by atoms with Gasteiger partial charge in [-0.1, -0.05) is 0 Å². The third-order valence-corrected chi connectivity index (χ3v) is 5.33. The first-order chi connectivity index (χ1) is 16.0. The van der Waals surface area contributed by atoms with Crippen LogP contribution in [0.1, 0.15) is 16.1 Å². The van der Waals surface area contributed by atoms with Crippen LogP contribution in [0.2, 0.25) is 0 Å². The number of carbonyl (C=O) groups is 1. The maximum atomic E-state index is 13.2. The molecule has 2 heterocycles. The molecule has 4 rings (SSSR count). The first-order valence-electron chi connectivity index (χ1n) is 10.3. The van der Waals surface area contributed by atoms with Gasteiger partial charge in [-0.05, 0) is 36.4 Å². The van der Waals surface area contributed by atoms with Crippen molar-refractivity contribution in [2.24, 2.45) is 0 Å². The number of rotatable bonds is 7. The molecule has 1 fully saturated rings. The van der Waals surface area contributed by atoms with E-state index in [0.29, 0.717) is 60.5 Å². The molecule has 1 aromatic heterocycles. The van der Waals surface area contributed by atoms with Gasteiger partial charge in [0, 0.05) is 30.9 Å². The van der Waals surface area contributed by atoms with Gasteiger partial charge in [-0.3, -0.25) is 14.9 Å². The van der Waals surface area contributed by atoms with Crippen LogP contribution in [0.5, 0.6) is 5.75 Å². The summed E-state index contributed by atoms with van der Waals surface area (Å²) in [6.45, 7) is 1.94. The lowest BCUT2D eigenvalue weighted by Gasteiger charge is -2.30. The summed E-state index contributed by atoms with van der Waals surface area (Å²) in [5.74, 6) is 0.910. The third-order valence-electron chi connectivity index (χ3n) is 5.33. The number of hydrogen-bond acceptors (Lipinski definition) is 8. The van der Waals surface area contributed by atoms with E-state index in [9.17, 15) is 20.0 Å². The molecule has 0 spiro atoms. The number of anilines is 2. The van der Waals surface area contributed by atoms with Crippen molar-refractivity contribution in [2.75, 3.05) is 43.6 Å². The second kappa shape index (κ2) is 9.72. The second-order valence-electron chi connectivity index (χ2n) is 7.35. The van der Waals surface area contributed by atoms with Crippen molar-refractivity contribution in [2.45, 2.75) is 6.61 Å². The van der Waals surface area contributed by atoms with Crippen LogP contribution in [0.3, 0.4) is 0 Å². The molecule has 1 aliphatic heterocycles. The molecule has 33 heavy (non-hydrogen) atoms. The number of nitro groups is 1. The van der Waals surface area contributed by atoms with Crippen LogP contribution in [0, 0.1) is 10.1 Å². The fourth-order valence-electron chi connectivity index (χ4n) is 3.68. The predicted octanol–water partition coefficient (Wildman–Crippen LogP) is 3.44. The Hall–Kier alpha value is -3.89. The molecule has 0 aliphatic carbocycles. The summed E-state index contributed by atoms with van der Waals surface area (Å²) in [5.41, 5.74) is 1.68. The highest BCUT2D eigenvalue weighted by Gasteiger charge is 2.23.